The van der Waals surface area contributed by atoms with E-state index >= 15 is 0 Å². The second-order valence-corrected chi connectivity index (χ2v) is 7.02. The van der Waals surface area contributed by atoms with E-state index in [1.54, 1.807) is 7.11 Å². The number of fused-ring (bicyclic) bond motifs is 1. The maximum Gasteiger partial charge on any atom is 0.134 e. The van der Waals surface area contributed by atoms with Gasteiger partial charge in [-0.1, -0.05) is 36.4 Å². The molecule has 0 unspecified atom stereocenters. The number of anilines is 1. The molecule has 1 aliphatic heterocycles. The number of ether oxygens (including phenoxy) is 1. The molecule has 0 atom stereocenters. The molecule has 4 heteroatoms. The van der Waals surface area contributed by atoms with Gasteiger partial charge in [-0.3, -0.25) is 0 Å². The number of methoxy groups -OCH3 is 1. The van der Waals surface area contributed by atoms with Gasteiger partial charge in [0.05, 0.1) is 7.11 Å². The van der Waals surface area contributed by atoms with Crippen LogP contribution in [-0.4, -0.2) is 43.2 Å². The first-order valence-electron chi connectivity index (χ1n) is 9.22. The first-order chi connectivity index (χ1) is 12.7. The lowest BCUT2D eigenvalue weighted by molar-refractivity contribution is 0.264. The largest absolute Gasteiger partial charge is 0.497 e. The molecular weight excluding hydrogens is 322 g/mol. The molecule has 0 saturated carbocycles. The number of benzene rings is 2. The summed E-state index contributed by atoms with van der Waals surface area (Å²) in [5, 5.41) is 6.07. The summed E-state index contributed by atoms with van der Waals surface area (Å²) in [7, 11) is 3.89. The van der Waals surface area contributed by atoms with Crippen LogP contribution >= 0.6 is 0 Å². The molecule has 2 heterocycles. The zero-order valence-electron chi connectivity index (χ0n) is 15.4. The van der Waals surface area contributed by atoms with E-state index in [0.29, 0.717) is 6.04 Å². The van der Waals surface area contributed by atoms with Gasteiger partial charge in [0, 0.05) is 23.2 Å². The minimum Gasteiger partial charge on any atom is -0.497 e. The van der Waals surface area contributed by atoms with Gasteiger partial charge in [-0.2, -0.15) is 0 Å². The minimum atomic E-state index is 0.491. The Hall–Kier alpha value is -2.59. The number of rotatable bonds is 4. The summed E-state index contributed by atoms with van der Waals surface area (Å²) in [5.41, 5.74) is 2.26. The second-order valence-electron chi connectivity index (χ2n) is 7.02. The number of nitrogens with one attached hydrogen (secondary N) is 1. The van der Waals surface area contributed by atoms with Crippen molar-refractivity contribution < 1.29 is 4.74 Å². The summed E-state index contributed by atoms with van der Waals surface area (Å²) in [4.78, 5) is 7.17. The number of aromatic nitrogens is 1. The number of piperidine rings is 1. The van der Waals surface area contributed by atoms with Crippen LogP contribution in [0, 0.1) is 0 Å². The van der Waals surface area contributed by atoms with Gasteiger partial charge in [0.25, 0.3) is 0 Å². The molecule has 0 amide bonds. The van der Waals surface area contributed by atoms with E-state index in [4.69, 9.17) is 9.72 Å². The third-order valence-corrected chi connectivity index (χ3v) is 5.24. The SMILES string of the molecule is COc1cccc(-c2cnc(NC3CCN(C)CC3)c3ccccc23)c1. The van der Waals surface area contributed by atoms with Crippen molar-refractivity contribution >= 4 is 16.6 Å². The zero-order valence-corrected chi connectivity index (χ0v) is 15.4. The smallest absolute Gasteiger partial charge is 0.134 e. The summed E-state index contributed by atoms with van der Waals surface area (Å²) in [6.45, 7) is 2.27. The highest BCUT2D eigenvalue weighted by molar-refractivity contribution is 6.01. The molecular formula is C22H25N3O. The van der Waals surface area contributed by atoms with E-state index in [2.05, 4.69) is 53.7 Å². The van der Waals surface area contributed by atoms with E-state index in [9.17, 15) is 0 Å². The number of hydrogen-bond donors (Lipinski definition) is 1. The quantitative estimate of drug-likeness (QED) is 0.758. The lowest BCUT2D eigenvalue weighted by Gasteiger charge is -2.30. The summed E-state index contributed by atoms with van der Waals surface area (Å²) >= 11 is 0. The van der Waals surface area contributed by atoms with Crippen LogP contribution in [0.3, 0.4) is 0 Å². The van der Waals surface area contributed by atoms with E-state index in [-0.39, 0.29) is 0 Å². The molecule has 1 fully saturated rings. The first-order valence-corrected chi connectivity index (χ1v) is 9.22. The van der Waals surface area contributed by atoms with Gasteiger partial charge in [0.2, 0.25) is 0 Å². The predicted molar refractivity (Wildman–Crippen MR) is 108 cm³/mol. The lowest BCUT2D eigenvalue weighted by atomic mass is 9.99. The summed E-state index contributed by atoms with van der Waals surface area (Å²) in [5.74, 6) is 1.85. The fraction of sp³-hybridized carbons (Fsp3) is 0.318. The molecule has 4 rings (SSSR count). The second kappa shape index (κ2) is 7.34. The fourth-order valence-corrected chi connectivity index (χ4v) is 3.67. The highest BCUT2D eigenvalue weighted by atomic mass is 16.5. The van der Waals surface area contributed by atoms with Crippen molar-refractivity contribution in [2.75, 3.05) is 32.6 Å². The molecule has 2 aromatic carbocycles. The van der Waals surface area contributed by atoms with Crippen molar-refractivity contribution in [3.05, 3.63) is 54.7 Å². The van der Waals surface area contributed by atoms with Gasteiger partial charge >= 0.3 is 0 Å². The van der Waals surface area contributed by atoms with Crippen molar-refractivity contribution in [1.82, 2.24) is 9.88 Å². The summed E-state index contributed by atoms with van der Waals surface area (Å²) < 4.78 is 5.38. The van der Waals surface area contributed by atoms with Gasteiger partial charge in [-0.05, 0) is 56.1 Å². The molecule has 1 N–H and O–H groups in total. The molecule has 0 radical (unpaired) electrons. The number of hydrogen-bond acceptors (Lipinski definition) is 4. The van der Waals surface area contributed by atoms with E-state index in [0.717, 1.165) is 48.6 Å². The Morgan fingerprint density at radius 2 is 1.81 bits per heavy atom. The predicted octanol–water partition coefficient (Wildman–Crippen LogP) is 4.42. The normalized spacial score (nSPS) is 15.9. The highest BCUT2D eigenvalue weighted by Gasteiger charge is 2.18. The van der Waals surface area contributed by atoms with Gasteiger partial charge in [-0.25, -0.2) is 4.98 Å². The average Bonchev–Trinajstić information content (AvgIpc) is 2.70. The van der Waals surface area contributed by atoms with Crippen molar-refractivity contribution in [1.29, 1.82) is 0 Å². The lowest BCUT2D eigenvalue weighted by Crippen LogP contribution is -2.36. The van der Waals surface area contributed by atoms with Crippen LogP contribution in [0.4, 0.5) is 5.82 Å². The Morgan fingerprint density at radius 3 is 2.58 bits per heavy atom. The molecule has 3 aromatic rings. The monoisotopic (exact) mass is 347 g/mol. The van der Waals surface area contributed by atoms with Gasteiger partial charge in [-0.15, -0.1) is 0 Å². The van der Waals surface area contributed by atoms with E-state index in [1.165, 1.54) is 10.8 Å². The van der Waals surface area contributed by atoms with Gasteiger partial charge in [0.1, 0.15) is 11.6 Å². The molecule has 4 nitrogen and oxygen atoms in total. The molecule has 1 aromatic heterocycles. The standard InChI is InChI=1S/C22H25N3O/c1-25-12-10-17(11-13-25)24-22-20-9-4-3-8-19(20)21(15-23-22)16-6-5-7-18(14-16)26-2/h3-9,14-15,17H,10-13H2,1-2H3,(H,23,24). The molecule has 0 bridgehead atoms. The van der Waals surface area contributed by atoms with Crippen LogP contribution < -0.4 is 10.1 Å². The maximum absolute atomic E-state index is 5.38. The maximum atomic E-state index is 5.38. The average molecular weight is 347 g/mol. The van der Waals surface area contributed by atoms with Crippen molar-refractivity contribution in [2.45, 2.75) is 18.9 Å². The highest BCUT2D eigenvalue weighted by Crippen LogP contribution is 2.33. The topological polar surface area (TPSA) is 37.4 Å². The summed E-state index contributed by atoms with van der Waals surface area (Å²) in [6, 6.07) is 17.1. The Labute approximate surface area is 154 Å². The van der Waals surface area contributed by atoms with Crippen molar-refractivity contribution in [3.63, 3.8) is 0 Å². The van der Waals surface area contributed by atoms with Gasteiger partial charge < -0.3 is 15.0 Å². The zero-order chi connectivity index (χ0) is 17.9. The number of likely N-dealkylation sites (tertiary alicyclic amines) is 1. The van der Waals surface area contributed by atoms with E-state index < -0.39 is 0 Å². The minimum absolute atomic E-state index is 0.491. The Balaban J connectivity index is 1.71. The van der Waals surface area contributed by atoms with Crippen molar-refractivity contribution in [2.24, 2.45) is 0 Å². The van der Waals surface area contributed by atoms with Crippen LogP contribution in [0.1, 0.15) is 12.8 Å². The van der Waals surface area contributed by atoms with E-state index in [1.807, 2.05) is 18.3 Å². The fourth-order valence-electron chi connectivity index (χ4n) is 3.67. The third-order valence-electron chi connectivity index (χ3n) is 5.24. The summed E-state index contributed by atoms with van der Waals surface area (Å²) in [6.07, 6.45) is 4.29. The van der Waals surface area contributed by atoms with Crippen LogP contribution in [0.25, 0.3) is 21.9 Å². The van der Waals surface area contributed by atoms with Crippen LogP contribution in [-0.2, 0) is 0 Å². The Morgan fingerprint density at radius 1 is 1.04 bits per heavy atom. The third kappa shape index (κ3) is 3.37. The Kier molecular flexibility index (Phi) is 4.76. The molecule has 0 spiro atoms. The van der Waals surface area contributed by atoms with Crippen LogP contribution in [0.15, 0.2) is 54.7 Å². The molecule has 134 valence electrons. The molecule has 0 aliphatic carbocycles. The molecule has 1 saturated heterocycles. The number of pyridine rings is 1. The number of nitrogens with zero attached hydrogens (tertiary/aromatic N) is 2. The van der Waals surface area contributed by atoms with Crippen LogP contribution in [0.5, 0.6) is 5.75 Å². The first kappa shape index (κ1) is 16.9. The Bertz CT molecular complexity index is 901. The molecule has 1 aliphatic rings. The van der Waals surface area contributed by atoms with Crippen LogP contribution in [0.2, 0.25) is 0 Å². The molecule has 26 heavy (non-hydrogen) atoms. The van der Waals surface area contributed by atoms with Gasteiger partial charge in [0.15, 0.2) is 0 Å². The van der Waals surface area contributed by atoms with Crippen molar-refractivity contribution in [3.8, 4) is 16.9 Å².